The zero-order valence-corrected chi connectivity index (χ0v) is 14.5. The van der Waals surface area contributed by atoms with E-state index in [2.05, 4.69) is 27.4 Å². The summed E-state index contributed by atoms with van der Waals surface area (Å²) in [6, 6.07) is 0. The Kier molecular flexibility index (Phi) is 5.32. The van der Waals surface area contributed by atoms with Gasteiger partial charge in [-0.15, -0.1) is 0 Å². The predicted molar refractivity (Wildman–Crippen MR) is 91.6 cm³/mol. The number of hydrogen-bond acceptors (Lipinski definition) is 2. The molecule has 2 heteroatoms. The molecule has 22 heavy (non-hydrogen) atoms. The van der Waals surface area contributed by atoms with Crippen molar-refractivity contribution in [2.24, 2.45) is 22.7 Å². The minimum absolute atomic E-state index is 0.126. The average Bonchev–Trinajstić information content (AvgIpc) is 2.46. The predicted octanol–water partition coefficient (Wildman–Crippen LogP) is 4.68. The highest BCUT2D eigenvalue weighted by atomic mass is 16.2. The van der Waals surface area contributed by atoms with E-state index in [-0.39, 0.29) is 17.4 Å². The lowest BCUT2D eigenvalue weighted by atomic mass is 9.47. The molecule has 124 valence electrons. The summed E-state index contributed by atoms with van der Waals surface area (Å²) >= 11 is 0. The fourth-order valence-electron chi connectivity index (χ4n) is 5.30. The van der Waals surface area contributed by atoms with Gasteiger partial charge in [0.1, 0.15) is 6.29 Å². The molecule has 0 aromatic carbocycles. The number of hydrogen-bond donors (Lipinski definition) is 1. The van der Waals surface area contributed by atoms with Gasteiger partial charge in [-0.1, -0.05) is 44.1 Å². The van der Waals surface area contributed by atoms with E-state index in [9.17, 15) is 4.79 Å². The van der Waals surface area contributed by atoms with E-state index >= 15 is 0 Å². The van der Waals surface area contributed by atoms with Crippen molar-refractivity contribution in [3.05, 3.63) is 23.8 Å². The first kappa shape index (κ1) is 17.5. The monoisotopic (exact) mass is 304 g/mol. The van der Waals surface area contributed by atoms with Crippen molar-refractivity contribution in [1.29, 1.82) is 0 Å². The fraction of sp³-hybridized carbons (Fsp3) is 0.750. The van der Waals surface area contributed by atoms with Crippen LogP contribution in [0, 0.1) is 22.7 Å². The third-order valence-corrected chi connectivity index (χ3v) is 6.60. The molecule has 0 amide bonds. The summed E-state index contributed by atoms with van der Waals surface area (Å²) in [5.74, 6) is 0.997. The van der Waals surface area contributed by atoms with Crippen LogP contribution in [0.4, 0.5) is 0 Å². The van der Waals surface area contributed by atoms with Crippen LogP contribution in [-0.2, 0) is 4.79 Å². The number of aliphatic hydroxyl groups is 1. The molecule has 0 aliphatic heterocycles. The Hall–Kier alpha value is -0.890. The van der Waals surface area contributed by atoms with Crippen LogP contribution in [0.1, 0.15) is 65.7 Å². The van der Waals surface area contributed by atoms with Gasteiger partial charge in [0.15, 0.2) is 0 Å². The van der Waals surface area contributed by atoms with E-state index in [0.29, 0.717) is 11.8 Å². The third kappa shape index (κ3) is 3.08. The molecule has 1 N–H and O–H groups in total. The quantitative estimate of drug-likeness (QED) is 0.591. The molecule has 0 heterocycles. The summed E-state index contributed by atoms with van der Waals surface area (Å²) < 4.78 is 0. The molecular formula is C20H32O2. The van der Waals surface area contributed by atoms with Crippen molar-refractivity contribution >= 4 is 6.29 Å². The Bertz CT molecular complexity index is 464. The summed E-state index contributed by atoms with van der Waals surface area (Å²) in [4.78, 5) is 11.8. The van der Waals surface area contributed by atoms with Crippen LogP contribution in [0.15, 0.2) is 23.8 Å². The van der Waals surface area contributed by atoms with Crippen LogP contribution in [-0.4, -0.2) is 18.0 Å². The zero-order chi connectivity index (χ0) is 16.4. The lowest BCUT2D eigenvalue weighted by Crippen LogP contribution is -2.51. The molecule has 0 radical (unpaired) electrons. The second-order valence-corrected chi connectivity index (χ2v) is 8.06. The molecule has 0 unspecified atom stereocenters. The molecule has 0 aromatic rings. The summed E-state index contributed by atoms with van der Waals surface area (Å²) in [5, 5.41) is 9.03. The van der Waals surface area contributed by atoms with Crippen LogP contribution in [0.2, 0.25) is 0 Å². The van der Waals surface area contributed by atoms with Gasteiger partial charge in [0.2, 0.25) is 0 Å². The van der Waals surface area contributed by atoms with Gasteiger partial charge >= 0.3 is 0 Å². The molecule has 2 nitrogen and oxygen atoms in total. The largest absolute Gasteiger partial charge is 0.392 e. The normalized spacial score (nSPS) is 39.5. The highest BCUT2D eigenvalue weighted by Gasteiger charge is 2.54. The van der Waals surface area contributed by atoms with Crippen molar-refractivity contribution in [3.8, 4) is 0 Å². The first-order valence-corrected chi connectivity index (χ1v) is 8.78. The molecule has 0 bridgehead atoms. The lowest BCUT2D eigenvalue weighted by Gasteiger charge is -2.57. The second kappa shape index (κ2) is 6.70. The maximum atomic E-state index is 11.8. The topological polar surface area (TPSA) is 37.3 Å². The second-order valence-electron chi connectivity index (χ2n) is 8.06. The zero-order valence-electron chi connectivity index (χ0n) is 14.5. The van der Waals surface area contributed by atoms with Gasteiger partial charge in [0.25, 0.3) is 0 Å². The van der Waals surface area contributed by atoms with Gasteiger partial charge in [-0.2, -0.15) is 0 Å². The van der Waals surface area contributed by atoms with E-state index in [4.69, 9.17) is 5.11 Å². The van der Waals surface area contributed by atoms with Gasteiger partial charge in [-0.25, -0.2) is 0 Å². The van der Waals surface area contributed by atoms with Gasteiger partial charge in [0.05, 0.1) is 6.61 Å². The van der Waals surface area contributed by atoms with Crippen molar-refractivity contribution in [1.82, 2.24) is 0 Å². The van der Waals surface area contributed by atoms with Crippen molar-refractivity contribution in [3.63, 3.8) is 0 Å². The molecule has 4 atom stereocenters. The number of carbonyl (C=O) groups excluding carboxylic acids is 1. The Morgan fingerprint density at radius 3 is 2.77 bits per heavy atom. The molecule has 0 spiro atoms. The Morgan fingerprint density at radius 2 is 2.14 bits per heavy atom. The Labute approximate surface area is 135 Å². The van der Waals surface area contributed by atoms with E-state index < -0.39 is 0 Å². The number of aliphatic hydroxyl groups excluding tert-OH is 1. The summed E-state index contributed by atoms with van der Waals surface area (Å²) in [5.41, 5.74) is 2.70. The molecule has 2 aliphatic carbocycles. The van der Waals surface area contributed by atoms with Crippen molar-refractivity contribution in [2.45, 2.75) is 65.7 Å². The van der Waals surface area contributed by atoms with E-state index in [0.717, 1.165) is 38.5 Å². The first-order valence-electron chi connectivity index (χ1n) is 8.78. The number of fused-ring (bicyclic) bond motifs is 1. The van der Waals surface area contributed by atoms with Gasteiger partial charge < -0.3 is 9.90 Å². The molecule has 2 fully saturated rings. The fourth-order valence-corrected chi connectivity index (χ4v) is 5.30. The summed E-state index contributed by atoms with van der Waals surface area (Å²) in [6.45, 7) is 11.2. The molecular weight excluding hydrogens is 272 g/mol. The molecule has 2 rings (SSSR count). The maximum absolute atomic E-state index is 11.8. The SMILES string of the molecule is C=C1CC[C@H]2[C@](C)(CCC[C@]2(C)C=O)[C@H]1CC/C(C)=C/CO. The summed E-state index contributed by atoms with van der Waals surface area (Å²) in [6.07, 6.45) is 10.8. The van der Waals surface area contributed by atoms with Crippen molar-refractivity contribution < 1.29 is 9.90 Å². The van der Waals surface area contributed by atoms with Crippen LogP contribution >= 0.6 is 0 Å². The van der Waals surface area contributed by atoms with E-state index in [1.54, 1.807) is 0 Å². The highest BCUT2D eigenvalue weighted by molar-refractivity contribution is 5.60. The standard InChI is InChI=1S/C20H32O2/c1-15(10-13-21)6-8-17-16(2)7-9-18-19(3,14-22)11-5-12-20(17,18)4/h10,14,17-18,21H,2,5-9,11-13H2,1,3-4H3/b15-10+/t17-,18+,19+,20+/m0/s1. The smallest absolute Gasteiger partial charge is 0.126 e. The van der Waals surface area contributed by atoms with Crippen molar-refractivity contribution in [2.75, 3.05) is 6.61 Å². The number of allylic oxidation sites excluding steroid dienone is 2. The van der Waals surface area contributed by atoms with Crippen LogP contribution < -0.4 is 0 Å². The van der Waals surface area contributed by atoms with Gasteiger partial charge in [-0.05, 0) is 62.7 Å². The average molecular weight is 304 g/mol. The van der Waals surface area contributed by atoms with Crippen LogP contribution in [0.25, 0.3) is 0 Å². The lowest BCUT2D eigenvalue weighted by molar-refractivity contribution is -0.130. The minimum atomic E-state index is -0.151. The minimum Gasteiger partial charge on any atom is -0.392 e. The highest BCUT2D eigenvalue weighted by Crippen LogP contribution is 2.61. The number of aldehydes is 1. The number of rotatable bonds is 5. The molecule has 0 aromatic heterocycles. The summed E-state index contributed by atoms with van der Waals surface area (Å²) in [7, 11) is 0. The Morgan fingerprint density at radius 1 is 1.41 bits per heavy atom. The molecule has 2 saturated carbocycles. The van der Waals surface area contributed by atoms with Crippen LogP contribution in [0.3, 0.4) is 0 Å². The van der Waals surface area contributed by atoms with Gasteiger partial charge in [-0.3, -0.25) is 0 Å². The Balaban J connectivity index is 2.22. The van der Waals surface area contributed by atoms with E-state index in [1.165, 1.54) is 23.9 Å². The maximum Gasteiger partial charge on any atom is 0.126 e. The molecule has 2 aliphatic rings. The number of carbonyl (C=O) groups is 1. The third-order valence-electron chi connectivity index (χ3n) is 6.60. The van der Waals surface area contributed by atoms with E-state index in [1.807, 2.05) is 6.08 Å². The first-order chi connectivity index (χ1) is 10.4. The van der Waals surface area contributed by atoms with Crippen LogP contribution in [0.5, 0.6) is 0 Å². The van der Waals surface area contributed by atoms with Gasteiger partial charge in [0, 0.05) is 5.41 Å². The molecule has 0 saturated heterocycles.